The number of sulfonamides is 1. The minimum atomic E-state index is -3.40. The fraction of sp³-hybridized carbons (Fsp3) is 0.571. The van der Waals surface area contributed by atoms with Crippen molar-refractivity contribution in [3.05, 3.63) is 29.8 Å². The lowest BCUT2D eigenvalue weighted by atomic mass is 10.1. The van der Waals surface area contributed by atoms with E-state index in [0.29, 0.717) is 23.1 Å². The summed E-state index contributed by atoms with van der Waals surface area (Å²) in [6.07, 6.45) is 3.73. The van der Waals surface area contributed by atoms with E-state index < -0.39 is 10.0 Å². The van der Waals surface area contributed by atoms with Gasteiger partial charge in [0.2, 0.25) is 10.0 Å². The molecule has 2 rings (SSSR count). The van der Waals surface area contributed by atoms with E-state index in [-0.39, 0.29) is 6.61 Å². The number of aliphatic hydroxyl groups excluding tert-OH is 1. The molecule has 0 saturated carbocycles. The summed E-state index contributed by atoms with van der Waals surface area (Å²) < 4.78 is 27.0. The molecule has 20 heavy (non-hydrogen) atoms. The molecule has 0 aliphatic carbocycles. The van der Waals surface area contributed by atoms with Crippen LogP contribution in [0.2, 0.25) is 0 Å². The van der Waals surface area contributed by atoms with Gasteiger partial charge >= 0.3 is 0 Å². The molecule has 0 bridgehead atoms. The second kappa shape index (κ2) is 7.45. The van der Waals surface area contributed by atoms with Gasteiger partial charge in [-0.15, -0.1) is 0 Å². The molecular weight excluding hydrogens is 294 g/mol. The zero-order chi connectivity index (χ0) is 14.4. The topological polar surface area (TPSA) is 66.4 Å². The molecule has 1 unspecified atom stereocenters. The van der Waals surface area contributed by atoms with Crippen molar-refractivity contribution in [1.29, 1.82) is 0 Å². The van der Waals surface area contributed by atoms with Gasteiger partial charge < -0.3 is 5.11 Å². The smallest absolute Gasteiger partial charge is 0.240 e. The Balaban J connectivity index is 1.94. The van der Waals surface area contributed by atoms with E-state index in [1.54, 1.807) is 12.1 Å². The van der Waals surface area contributed by atoms with Crippen molar-refractivity contribution >= 4 is 21.8 Å². The second-order valence-electron chi connectivity index (χ2n) is 4.96. The van der Waals surface area contributed by atoms with Crippen LogP contribution in [-0.2, 0) is 16.4 Å². The van der Waals surface area contributed by atoms with Crippen LogP contribution in [0.1, 0.15) is 24.8 Å². The molecule has 1 aliphatic rings. The van der Waals surface area contributed by atoms with Crippen LogP contribution in [-0.4, -0.2) is 37.7 Å². The average molecular weight is 315 g/mol. The van der Waals surface area contributed by atoms with Crippen molar-refractivity contribution in [2.45, 2.75) is 35.8 Å². The number of hydrogen-bond donors (Lipinski definition) is 2. The van der Waals surface area contributed by atoms with E-state index in [9.17, 15) is 8.42 Å². The Morgan fingerprint density at radius 3 is 2.65 bits per heavy atom. The second-order valence-corrected chi connectivity index (χ2v) is 8.13. The maximum atomic E-state index is 12.2. The van der Waals surface area contributed by atoms with Gasteiger partial charge in [-0.2, -0.15) is 11.8 Å². The number of rotatable bonds is 7. The van der Waals surface area contributed by atoms with Crippen LogP contribution in [0.15, 0.2) is 29.2 Å². The Hall–Kier alpha value is -0.560. The molecule has 6 heteroatoms. The molecule has 1 fully saturated rings. The third-order valence-electron chi connectivity index (χ3n) is 3.38. The zero-order valence-corrected chi connectivity index (χ0v) is 13.0. The summed E-state index contributed by atoms with van der Waals surface area (Å²) in [5.74, 6) is 1.13. The third kappa shape index (κ3) is 4.48. The number of aryl methyl sites for hydroxylation is 1. The first kappa shape index (κ1) is 15.8. The lowest BCUT2D eigenvalue weighted by Crippen LogP contribution is -2.29. The first-order valence-corrected chi connectivity index (χ1v) is 9.46. The third-order valence-corrected chi connectivity index (χ3v) is 6.22. The van der Waals surface area contributed by atoms with Gasteiger partial charge in [0.25, 0.3) is 0 Å². The lowest BCUT2D eigenvalue weighted by molar-refractivity contribution is 0.288. The van der Waals surface area contributed by atoms with Crippen molar-refractivity contribution in [3.63, 3.8) is 0 Å². The quantitative estimate of drug-likeness (QED) is 0.805. The number of thioether (sulfide) groups is 1. The summed E-state index contributed by atoms with van der Waals surface area (Å²) in [5, 5.41) is 9.19. The Bertz CT molecular complexity index is 508. The summed E-state index contributed by atoms with van der Waals surface area (Å²) in [4.78, 5) is 0.313. The number of nitrogens with one attached hydrogen (secondary N) is 1. The van der Waals surface area contributed by atoms with Gasteiger partial charge in [-0.1, -0.05) is 12.1 Å². The van der Waals surface area contributed by atoms with Gasteiger partial charge in [-0.25, -0.2) is 13.1 Å². The van der Waals surface area contributed by atoms with Crippen LogP contribution in [0.5, 0.6) is 0 Å². The van der Waals surface area contributed by atoms with Crippen LogP contribution < -0.4 is 4.72 Å². The molecule has 1 aliphatic heterocycles. The summed E-state index contributed by atoms with van der Waals surface area (Å²) in [6, 6.07) is 6.90. The van der Waals surface area contributed by atoms with Crippen LogP contribution >= 0.6 is 11.8 Å². The molecule has 1 atom stereocenters. The Morgan fingerprint density at radius 1 is 1.30 bits per heavy atom. The Kier molecular flexibility index (Phi) is 5.89. The minimum absolute atomic E-state index is 0.153. The van der Waals surface area contributed by atoms with E-state index in [1.807, 2.05) is 23.9 Å². The van der Waals surface area contributed by atoms with Crippen molar-refractivity contribution in [1.82, 2.24) is 4.72 Å². The summed E-state index contributed by atoms with van der Waals surface area (Å²) in [7, 11) is -3.40. The van der Waals surface area contributed by atoms with Crippen LogP contribution in [0.4, 0.5) is 0 Å². The fourth-order valence-corrected chi connectivity index (χ4v) is 4.60. The molecule has 112 valence electrons. The number of benzene rings is 1. The van der Waals surface area contributed by atoms with Gasteiger partial charge in [0, 0.05) is 18.4 Å². The highest BCUT2D eigenvalue weighted by molar-refractivity contribution is 8.00. The first-order chi connectivity index (χ1) is 9.62. The summed E-state index contributed by atoms with van der Waals surface area (Å²) in [6.45, 7) is 0.667. The SMILES string of the molecule is O=S(=O)(NCC1CCCS1)c1ccc(CCCO)cc1. The lowest BCUT2D eigenvalue weighted by Gasteiger charge is -2.11. The van der Waals surface area contributed by atoms with E-state index in [2.05, 4.69) is 4.72 Å². The van der Waals surface area contributed by atoms with E-state index in [4.69, 9.17) is 5.11 Å². The van der Waals surface area contributed by atoms with Crippen LogP contribution in [0.3, 0.4) is 0 Å². The maximum Gasteiger partial charge on any atom is 0.240 e. The van der Waals surface area contributed by atoms with Crippen molar-refractivity contribution in [3.8, 4) is 0 Å². The van der Waals surface area contributed by atoms with Crippen molar-refractivity contribution in [2.24, 2.45) is 0 Å². The summed E-state index contributed by atoms with van der Waals surface area (Å²) >= 11 is 1.84. The molecule has 0 spiro atoms. The predicted molar refractivity (Wildman–Crippen MR) is 82.5 cm³/mol. The number of aliphatic hydroxyl groups is 1. The highest BCUT2D eigenvalue weighted by Crippen LogP contribution is 2.25. The molecule has 2 N–H and O–H groups in total. The minimum Gasteiger partial charge on any atom is -0.396 e. The standard InChI is InChI=1S/C14H21NO3S2/c16-9-1-3-12-5-7-14(8-6-12)20(17,18)15-11-13-4-2-10-19-13/h5-8,13,15-16H,1-4,9-11H2. The highest BCUT2D eigenvalue weighted by Gasteiger charge is 2.19. The zero-order valence-electron chi connectivity index (χ0n) is 11.4. The number of hydrogen-bond acceptors (Lipinski definition) is 4. The van der Waals surface area contributed by atoms with Crippen LogP contribution in [0, 0.1) is 0 Å². The molecule has 0 aromatic heterocycles. The van der Waals surface area contributed by atoms with Gasteiger partial charge in [0.1, 0.15) is 0 Å². The van der Waals surface area contributed by atoms with E-state index in [0.717, 1.165) is 24.2 Å². The van der Waals surface area contributed by atoms with Crippen LogP contribution in [0.25, 0.3) is 0 Å². The predicted octanol–water partition coefficient (Wildman–Crippen LogP) is 1.79. The van der Waals surface area contributed by atoms with Gasteiger partial charge in [0.05, 0.1) is 4.90 Å². The molecule has 0 radical (unpaired) electrons. The first-order valence-electron chi connectivity index (χ1n) is 6.93. The Morgan fingerprint density at radius 2 is 2.05 bits per heavy atom. The maximum absolute atomic E-state index is 12.2. The molecule has 1 heterocycles. The fourth-order valence-electron chi connectivity index (χ4n) is 2.21. The average Bonchev–Trinajstić information content (AvgIpc) is 2.97. The molecule has 1 aromatic rings. The molecular formula is C14H21NO3S2. The van der Waals surface area contributed by atoms with Gasteiger partial charge in [-0.05, 0) is 49.1 Å². The summed E-state index contributed by atoms with van der Waals surface area (Å²) in [5.41, 5.74) is 1.05. The van der Waals surface area contributed by atoms with E-state index in [1.165, 1.54) is 6.42 Å². The highest BCUT2D eigenvalue weighted by atomic mass is 32.2. The largest absolute Gasteiger partial charge is 0.396 e. The van der Waals surface area contributed by atoms with Crippen molar-refractivity contribution < 1.29 is 13.5 Å². The molecule has 0 amide bonds. The van der Waals surface area contributed by atoms with E-state index >= 15 is 0 Å². The van der Waals surface area contributed by atoms with Gasteiger partial charge in [0.15, 0.2) is 0 Å². The van der Waals surface area contributed by atoms with Crippen molar-refractivity contribution in [2.75, 3.05) is 18.9 Å². The monoisotopic (exact) mass is 315 g/mol. The molecule has 1 saturated heterocycles. The molecule has 4 nitrogen and oxygen atoms in total. The van der Waals surface area contributed by atoms with Gasteiger partial charge in [-0.3, -0.25) is 0 Å². The molecule has 1 aromatic carbocycles. The normalized spacial score (nSPS) is 19.4. The Labute approximate surface area is 125 Å².